The highest BCUT2D eigenvalue weighted by Crippen LogP contribution is 2.22. The minimum atomic E-state index is 0.437. The van der Waals surface area contributed by atoms with Crippen LogP contribution in [-0.4, -0.2) is 29.2 Å². The minimum Gasteiger partial charge on any atom is -0.490 e. The average molecular weight is 316 g/mol. The zero-order valence-corrected chi connectivity index (χ0v) is 13.0. The summed E-state index contributed by atoms with van der Waals surface area (Å²) in [7, 11) is 0. The van der Waals surface area contributed by atoms with Gasteiger partial charge in [-0.3, -0.25) is 4.98 Å². The molecule has 1 unspecified atom stereocenters. The number of pyridine rings is 2. The van der Waals surface area contributed by atoms with Crippen LogP contribution in [0.3, 0.4) is 0 Å². The molecule has 0 amide bonds. The molecule has 22 heavy (non-hydrogen) atoms. The Balaban J connectivity index is 1.68. The normalized spacial score (nSPS) is 18.0. The monoisotopic (exact) mass is 315 g/mol. The van der Waals surface area contributed by atoms with Crippen molar-refractivity contribution in [3.05, 3.63) is 53.1 Å². The summed E-state index contributed by atoms with van der Waals surface area (Å²) in [4.78, 5) is 8.19. The maximum absolute atomic E-state index is 6.15. The van der Waals surface area contributed by atoms with Crippen LogP contribution in [0.2, 0.25) is 5.15 Å². The van der Waals surface area contributed by atoms with Gasteiger partial charge in [-0.05, 0) is 43.1 Å². The molecule has 1 aliphatic heterocycles. The van der Waals surface area contributed by atoms with E-state index in [0.29, 0.717) is 17.8 Å². The van der Waals surface area contributed by atoms with Crippen molar-refractivity contribution in [1.29, 1.82) is 0 Å². The predicted octanol–water partition coefficient (Wildman–Crippen LogP) is 3.43. The van der Waals surface area contributed by atoms with Crippen LogP contribution in [0.25, 0.3) is 12.2 Å². The summed E-state index contributed by atoms with van der Waals surface area (Å²) in [6, 6.07) is 6.22. The second-order valence-corrected chi connectivity index (χ2v) is 5.63. The van der Waals surface area contributed by atoms with E-state index in [1.54, 1.807) is 18.6 Å². The van der Waals surface area contributed by atoms with Gasteiger partial charge < -0.3 is 10.1 Å². The Kier molecular flexibility index (Phi) is 5.03. The quantitative estimate of drug-likeness (QED) is 0.859. The summed E-state index contributed by atoms with van der Waals surface area (Å²) < 4.78 is 5.81. The number of halogens is 1. The lowest BCUT2D eigenvalue weighted by Crippen LogP contribution is -2.28. The van der Waals surface area contributed by atoms with Gasteiger partial charge in [-0.2, -0.15) is 0 Å². The Hall–Kier alpha value is -1.91. The molecule has 0 aliphatic carbocycles. The standard InChI is InChI=1S/C17H18ClN3O/c18-17-14(4-3-13-5-8-19-9-6-13)10-16(11-21-17)22-12-15-2-1-7-20-15/h3-6,8-11,15,20H,1-2,7,12H2. The van der Waals surface area contributed by atoms with Gasteiger partial charge in [0.1, 0.15) is 17.5 Å². The van der Waals surface area contributed by atoms with Crippen molar-refractivity contribution in [2.75, 3.05) is 13.2 Å². The number of aromatic nitrogens is 2. The molecule has 1 fully saturated rings. The Bertz CT molecular complexity index is 640. The van der Waals surface area contributed by atoms with Gasteiger partial charge in [0.15, 0.2) is 0 Å². The van der Waals surface area contributed by atoms with Gasteiger partial charge in [0.25, 0.3) is 0 Å². The zero-order valence-electron chi connectivity index (χ0n) is 12.2. The van der Waals surface area contributed by atoms with Crippen LogP contribution in [0, 0.1) is 0 Å². The molecule has 1 N–H and O–H groups in total. The topological polar surface area (TPSA) is 47.0 Å². The molecule has 0 radical (unpaired) electrons. The number of ether oxygens (including phenoxy) is 1. The Labute approximate surface area is 135 Å². The number of nitrogens with one attached hydrogen (secondary N) is 1. The molecule has 2 aromatic heterocycles. The largest absolute Gasteiger partial charge is 0.490 e. The van der Waals surface area contributed by atoms with Gasteiger partial charge in [-0.25, -0.2) is 4.98 Å². The van der Waals surface area contributed by atoms with Gasteiger partial charge >= 0.3 is 0 Å². The SMILES string of the molecule is Clc1ncc(OCC2CCCN2)cc1C=Cc1ccncc1. The van der Waals surface area contributed by atoms with Crippen molar-refractivity contribution in [2.24, 2.45) is 0 Å². The zero-order chi connectivity index (χ0) is 15.2. The van der Waals surface area contributed by atoms with E-state index in [1.165, 1.54) is 6.42 Å². The molecular weight excluding hydrogens is 298 g/mol. The first kappa shape index (κ1) is 15.0. The van der Waals surface area contributed by atoms with E-state index in [0.717, 1.165) is 29.8 Å². The summed E-state index contributed by atoms with van der Waals surface area (Å²) in [6.07, 6.45) is 11.5. The van der Waals surface area contributed by atoms with Crippen molar-refractivity contribution in [1.82, 2.24) is 15.3 Å². The molecule has 3 heterocycles. The van der Waals surface area contributed by atoms with E-state index < -0.39 is 0 Å². The third-order valence-corrected chi connectivity index (χ3v) is 3.93. The van der Waals surface area contributed by atoms with Crippen LogP contribution in [0.1, 0.15) is 24.0 Å². The summed E-state index contributed by atoms with van der Waals surface area (Å²) in [6.45, 7) is 1.74. The van der Waals surface area contributed by atoms with Crippen LogP contribution in [0.4, 0.5) is 0 Å². The first-order chi connectivity index (χ1) is 10.8. The summed E-state index contributed by atoms with van der Waals surface area (Å²) >= 11 is 6.15. The predicted molar refractivity (Wildman–Crippen MR) is 88.9 cm³/mol. The lowest BCUT2D eigenvalue weighted by atomic mass is 10.2. The van der Waals surface area contributed by atoms with Gasteiger partial charge in [0.2, 0.25) is 0 Å². The molecule has 1 saturated heterocycles. The van der Waals surface area contributed by atoms with Crippen molar-refractivity contribution in [2.45, 2.75) is 18.9 Å². The van der Waals surface area contributed by atoms with Crippen molar-refractivity contribution < 1.29 is 4.74 Å². The number of hydrogen-bond acceptors (Lipinski definition) is 4. The Morgan fingerprint density at radius 3 is 2.95 bits per heavy atom. The second-order valence-electron chi connectivity index (χ2n) is 5.27. The van der Waals surface area contributed by atoms with Crippen LogP contribution >= 0.6 is 11.6 Å². The maximum Gasteiger partial charge on any atom is 0.138 e. The smallest absolute Gasteiger partial charge is 0.138 e. The Morgan fingerprint density at radius 1 is 1.32 bits per heavy atom. The second kappa shape index (κ2) is 7.38. The number of rotatable bonds is 5. The minimum absolute atomic E-state index is 0.437. The first-order valence-electron chi connectivity index (χ1n) is 7.41. The highest BCUT2D eigenvalue weighted by Gasteiger charge is 2.14. The third-order valence-electron chi connectivity index (χ3n) is 3.62. The fourth-order valence-electron chi connectivity index (χ4n) is 2.40. The molecule has 4 nitrogen and oxygen atoms in total. The molecule has 1 aliphatic rings. The molecule has 0 bridgehead atoms. The molecular formula is C17H18ClN3O. The highest BCUT2D eigenvalue weighted by molar-refractivity contribution is 6.31. The fourth-order valence-corrected chi connectivity index (χ4v) is 2.56. The summed E-state index contributed by atoms with van der Waals surface area (Å²) in [5.41, 5.74) is 1.91. The van der Waals surface area contributed by atoms with Gasteiger partial charge in [0.05, 0.1) is 6.20 Å². The lowest BCUT2D eigenvalue weighted by molar-refractivity contribution is 0.276. The van der Waals surface area contributed by atoms with Crippen LogP contribution < -0.4 is 10.1 Å². The van der Waals surface area contributed by atoms with Crippen LogP contribution in [0.5, 0.6) is 5.75 Å². The van der Waals surface area contributed by atoms with E-state index in [1.807, 2.05) is 30.4 Å². The Morgan fingerprint density at radius 2 is 2.18 bits per heavy atom. The van der Waals surface area contributed by atoms with Gasteiger partial charge in [0, 0.05) is 24.0 Å². The number of nitrogens with zero attached hydrogens (tertiary/aromatic N) is 2. The third kappa shape index (κ3) is 4.06. The average Bonchev–Trinajstić information content (AvgIpc) is 3.07. The van der Waals surface area contributed by atoms with E-state index >= 15 is 0 Å². The molecule has 114 valence electrons. The summed E-state index contributed by atoms with van der Waals surface area (Å²) in [5.74, 6) is 0.743. The number of hydrogen-bond donors (Lipinski definition) is 1. The van der Waals surface area contributed by atoms with Crippen molar-refractivity contribution in [3.8, 4) is 5.75 Å². The molecule has 0 spiro atoms. The highest BCUT2D eigenvalue weighted by atomic mass is 35.5. The fraction of sp³-hybridized carbons (Fsp3) is 0.294. The molecule has 0 aromatic carbocycles. The van der Waals surface area contributed by atoms with Gasteiger partial charge in [-0.15, -0.1) is 0 Å². The molecule has 3 rings (SSSR count). The van der Waals surface area contributed by atoms with Crippen molar-refractivity contribution >= 4 is 23.8 Å². The maximum atomic E-state index is 6.15. The van der Waals surface area contributed by atoms with E-state index in [4.69, 9.17) is 16.3 Å². The first-order valence-corrected chi connectivity index (χ1v) is 7.79. The summed E-state index contributed by atoms with van der Waals surface area (Å²) in [5, 5.41) is 3.88. The van der Waals surface area contributed by atoms with Crippen molar-refractivity contribution in [3.63, 3.8) is 0 Å². The van der Waals surface area contributed by atoms with E-state index in [9.17, 15) is 0 Å². The molecule has 0 saturated carbocycles. The molecule has 1 atom stereocenters. The van der Waals surface area contributed by atoms with E-state index in [-0.39, 0.29) is 0 Å². The lowest BCUT2D eigenvalue weighted by Gasteiger charge is -2.12. The van der Waals surface area contributed by atoms with Crippen LogP contribution in [0.15, 0.2) is 36.8 Å². The molecule has 2 aromatic rings. The van der Waals surface area contributed by atoms with E-state index in [2.05, 4.69) is 15.3 Å². The van der Waals surface area contributed by atoms with Crippen LogP contribution in [-0.2, 0) is 0 Å². The van der Waals surface area contributed by atoms with Gasteiger partial charge in [-0.1, -0.05) is 23.8 Å². The molecule has 5 heteroatoms.